The van der Waals surface area contributed by atoms with Crippen molar-refractivity contribution >= 4 is 77.9 Å². The summed E-state index contributed by atoms with van der Waals surface area (Å²) < 4.78 is 8.83. The second-order valence-corrected chi connectivity index (χ2v) is 17.8. The summed E-state index contributed by atoms with van der Waals surface area (Å²) in [7, 11) is 0. The molecule has 70 heavy (non-hydrogen) atoms. The van der Waals surface area contributed by atoms with Gasteiger partial charge in [-0.1, -0.05) is 182 Å². The molecule has 11 aromatic carbocycles. The topological polar surface area (TPSA) is 24.6 Å². The number of anilines is 6. The molecular formula is C66H45N3O. The second-order valence-electron chi connectivity index (χ2n) is 17.8. The third kappa shape index (κ3) is 7.36. The monoisotopic (exact) mass is 895 g/mol. The lowest BCUT2D eigenvalue weighted by molar-refractivity contribution is 0.669. The van der Waals surface area contributed by atoms with Crippen LogP contribution in [-0.2, 0) is 0 Å². The minimum Gasteiger partial charge on any atom is -0.456 e. The highest BCUT2D eigenvalue weighted by Gasteiger charge is 2.23. The molecule has 13 aromatic rings. The molecule has 0 N–H and O–H groups in total. The summed E-state index contributed by atoms with van der Waals surface area (Å²) in [5.74, 6) is 0. The number of benzene rings is 11. The molecule has 0 fully saturated rings. The van der Waals surface area contributed by atoms with Crippen molar-refractivity contribution in [2.45, 2.75) is 0 Å². The normalized spacial score (nSPS) is 11.4. The van der Waals surface area contributed by atoms with E-state index < -0.39 is 0 Å². The summed E-state index contributed by atoms with van der Waals surface area (Å²) in [4.78, 5) is 4.79. The molecule has 2 aromatic heterocycles. The molecule has 0 saturated heterocycles. The minimum atomic E-state index is 0.855. The van der Waals surface area contributed by atoms with E-state index in [-0.39, 0.29) is 0 Å². The van der Waals surface area contributed by atoms with Gasteiger partial charge in [0.15, 0.2) is 0 Å². The Morgan fingerprint density at radius 2 is 0.600 bits per heavy atom. The first-order valence-electron chi connectivity index (χ1n) is 23.8. The third-order valence-corrected chi connectivity index (χ3v) is 13.6. The van der Waals surface area contributed by atoms with E-state index in [2.05, 4.69) is 275 Å². The van der Waals surface area contributed by atoms with Crippen molar-refractivity contribution in [2.75, 3.05) is 9.80 Å². The van der Waals surface area contributed by atoms with Crippen molar-refractivity contribution in [3.05, 3.63) is 273 Å². The molecule has 0 amide bonds. The number of nitrogens with zero attached hydrogens (tertiary/aromatic N) is 3. The van der Waals surface area contributed by atoms with E-state index in [1.54, 1.807) is 0 Å². The van der Waals surface area contributed by atoms with E-state index in [1.807, 2.05) is 12.1 Å². The Hall–Kier alpha value is -9.38. The fraction of sp³-hybridized carbons (Fsp3) is 0. The standard InChI is InChI=1S/C66H45N3O/c1-4-16-46(17-5-1)49-28-34-52(35-29-49)67(53-36-30-50(31-37-53)47-18-6-2-7-19-47)56-42-57(44-58(43-56)69-63-25-13-10-22-59(63)60-23-11-14-26-64(60)69)68(54-38-32-51(33-39-54)48-20-8-3-9-21-48)55-40-41-66-62(45-55)61-24-12-15-27-65(61)70-66/h1-45H. The van der Waals surface area contributed by atoms with Crippen molar-refractivity contribution in [1.29, 1.82) is 0 Å². The smallest absolute Gasteiger partial charge is 0.135 e. The number of para-hydroxylation sites is 3. The minimum absolute atomic E-state index is 0.855. The zero-order chi connectivity index (χ0) is 46.4. The maximum absolute atomic E-state index is 6.41. The molecular weight excluding hydrogens is 851 g/mol. The largest absolute Gasteiger partial charge is 0.456 e. The molecule has 0 atom stereocenters. The average molecular weight is 896 g/mol. The van der Waals surface area contributed by atoms with Crippen molar-refractivity contribution in [3.63, 3.8) is 0 Å². The van der Waals surface area contributed by atoms with Crippen molar-refractivity contribution < 1.29 is 4.42 Å². The molecule has 4 nitrogen and oxygen atoms in total. The van der Waals surface area contributed by atoms with Crippen LogP contribution in [0.3, 0.4) is 0 Å². The summed E-state index contributed by atoms with van der Waals surface area (Å²) in [6, 6.07) is 98.1. The Balaban J connectivity index is 1.07. The van der Waals surface area contributed by atoms with Crippen LogP contribution >= 0.6 is 0 Å². The summed E-state index contributed by atoms with van der Waals surface area (Å²) >= 11 is 0. The van der Waals surface area contributed by atoms with Crippen molar-refractivity contribution in [1.82, 2.24) is 4.57 Å². The number of hydrogen-bond donors (Lipinski definition) is 0. The van der Waals surface area contributed by atoms with Crippen LogP contribution in [-0.4, -0.2) is 4.57 Å². The van der Waals surface area contributed by atoms with Gasteiger partial charge in [-0.15, -0.1) is 0 Å². The van der Waals surface area contributed by atoms with Gasteiger partial charge in [-0.25, -0.2) is 0 Å². The molecule has 330 valence electrons. The Labute approximate surface area is 406 Å². The maximum atomic E-state index is 6.41. The number of hydrogen-bond acceptors (Lipinski definition) is 3. The van der Waals surface area contributed by atoms with Gasteiger partial charge in [-0.3, -0.25) is 0 Å². The first-order chi connectivity index (χ1) is 34.7. The van der Waals surface area contributed by atoms with Crippen molar-refractivity contribution in [3.8, 4) is 39.1 Å². The zero-order valence-electron chi connectivity index (χ0n) is 38.2. The van der Waals surface area contributed by atoms with Crippen LogP contribution in [0.2, 0.25) is 0 Å². The summed E-state index contributed by atoms with van der Waals surface area (Å²) in [5, 5.41) is 4.57. The maximum Gasteiger partial charge on any atom is 0.135 e. The summed E-state index contributed by atoms with van der Waals surface area (Å²) in [6.45, 7) is 0. The third-order valence-electron chi connectivity index (χ3n) is 13.6. The van der Waals surface area contributed by atoms with Gasteiger partial charge >= 0.3 is 0 Å². The number of rotatable bonds is 10. The number of aromatic nitrogens is 1. The van der Waals surface area contributed by atoms with E-state index >= 15 is 0 Å². The summed E-state index contributed by atoms with van der Waals surface area (Å²) in [5.41, 5.74) is 18.2. The van der Waals surface area contributed by atoms with Gasteiger partial charge in [0.2, 0.25) is 0 Å². The molecule has 0 bridgehead atoms. The van der Waals surface area contributed by atoms with Crippen LogP contribution in [0.1, 0.15) is 0 Å². The van der Waals surface area contributed by atoms with Crippen molar-refractivity contribution in [2.24, 2.45) is 0 Å². The molecule has 0 aliphatic heterocycles. The van der Waals surface area contributed by atoms with Gasteiger partial charge in [-0.2, -0.15) is 0 Å². The molecule has 0 unspecified atom stereocenters. The van der Waals surface area contributed by atoms with Crippen LogP contribution < -0.4 is 9.80 Å². The first kappa shape index (κ1) is 40.9. The van der Waals surface area contributed by atoms with Crippen LogP contribution in [0, 0.1) is 0 Å². The highest BCUT2D eigenvalue weighted by Crippen LogP contribution is 2.46. The van der Waals surface area contributed by atoms with Crippen LogP contribution in [0.25, 0.3) is 82.8 Å². The Morgan fingerprint density at radius 1 is 0.243 bits per heavy atom. The lowest BCUT2D eigenvalue weighted by Crippen LogP contribution is -2.14. The van der Waals surface area contributed by atoms with Gasteiger partial charge in [0.1, 0.15) is 11.2 Å². The molecule has 13 rings (SSSR count). The van der Waals surface area contributed by atoms with Crippen LogP contribution in [0.15, 0.2) is 277 Å². The SMILES string of the molecule is c1ccc(-c2ccc(N(c3ccc(-c4ccccc4)cc3)c3cc(N(c4ccc(-c5ccccc5)cc4)c4ccc5oc6ccccc6c5c4)cc(-n4c5ccccc5c5ccccc54)c3)cc2)cc1. The Bertz CT molecular complexity index is 3830. The zero-order valence-corrected chi connectivity index (χ0v) is 38.2. The highest BCUT2D eigenvalue weighted by molar-refractivity contribution is 6.10. The van der Waals surface area contributed by atoms with Crippen LogP contribution in [0.4, 0.5) is 34.1 Å². The molecule has 0 aliphatic rings. The van der Waals surface area contributed by atoms with Gasteiger partial charge in [-0.05, 0) is 124 Å². The Kier molecular flexibility index (Phi) is 10.1. The van der Waals surface area contributed by atoms with Gasteiger partial charge in [0.25, 0.3) is 0 Å². The molecule has 2 heterocycles. The summed E-state index contributed by atoms with van der Waals surface area (Å²) in [6.07, 6.45) is 0. The molecule has 0 saturated carbocycles. The molecule has 4 heteroatoms. The number of furan rings is 1. The molecule has 0 spiro atoms. The molecule has 0 aliphatic carbocycles. The lowest BCUT2D eigenvalue weighted by atomic mass is 10.0. The fourth-order valence-corrected chi connectivity index (χ4v) is 10.2. The molecule has 0 radical (unpaired) electrons. The predicted octanol–water partition coefficient (Wildman–Crippen LogP) is 18.6. The second kappa shape index (κ2) is 17.4. The first-order valence-corrected chi connectivity index (χ1v) is 23.8. The average Bonchev–Trinajstić information content (AvgIpc) is 3.98. The predicted molar refractivity (Wildman–Crippen MR) is 294 cm³/mol. The highest BCUT2D eigenvalue weighted by atomic mass is 16.3. The van der Waals surface area contributed by atoms with E-state index in [1.165, 1.54) is 27.5 Å². The van der Waals surface area contributed by atoms with E-state index in [4.69, 9.17) is 4.42 Å². The number of fused-ring (bicyclic) bond motifs is 6. The lowest BCUT2D eigenvalue weighted by Gasteiger charge is -2.31. The quantitative estimate of drug-likeness (QED) is 0.137. The van der Waals surface area contributed by atoms with Gasteiger partial charge in [0, 0.05) is 44.3 Å². The Morgan fingerprint density at radius 3 is 1.07 bits per heavy atom. The van der Waals surface area contributed by atoms with Crippen LogP contribution in [0.5, 0.6) is 0 Å². The van der Waals surface area contributed by atoms with E-state index in [9.17, 15) is 0 Å². The van der Waals surface area contributed by atoms with Gasteiger partial charge in [0.05, 0.1) is 28.1 Å². The van der Waals surface area contributed by atoms with Gasteiger partial charge < -0.3 is 18.8 Å². The fourth-order valence-electron chi connectivity index (χ4n) is 10.2. The van der Waals surface area contributed by atoms with E-state index in [0.29, 0.717) is 0 Å². The van der Waals surface area contributed by atoms with E-state index in [0.717, 1.165) is 89.5 Å².